The van der Waals surface area contributed by atoms with E-state index < -0.39 is 10.8 Å². The molecule has 1 saturated carbocycles. The summed E-state index contributed by atoms with van der Waals surface area (Å²) in [6.45, 7) is 0. The van der Waals surface area contributed by atoms with Gasteiger partial charge in [-0.1, -0.05) is 43.7 Å². The van der Waals surface area contributed by atoms with Gasteiger partial charge in [-0.15, -0.1) is 0 Å². The molecule has 0 bridgehead atoms. The van der Waals surface area contributed by atoms with Crippen LogP contribution in [0.25, 0.3) is 0 Å². The smallest absolute Gasteiger partial charge is 0.283 e. The highest BCUT2D eigenvalue weighted by molar-refractivity contribution is 6.31. The number of aromatic nitrogens is 2. The van der Waals surface area contributed by atoms with Crippen LogP contribution >= 0.6 is 11.6 Å². The number of amides is 1. The number of aromatic amines is 1. The largest absolute Gasteiger partial charge is 0.305 e. The Bertz CT molecular complexity index is 784. The van der Waals surface area contributed by atoms with Crippen LogP contribution in [-0.4, -0.2) is 21.0 Å². The number of nitrogens with one attached hydrogen (secondary N) is 2. The highest BCUT2D eigenvalue weighted by atomic mass is 35.5. The monoisotopic (exact) mass is 362 g/mol. The standard InChI is InChI=1S/C17H19ClN4O3/c18-12-6-7-14(15(9-12)22(24)25)17(23)19-16-10-13(20-21-16)8-11-4-2-1-3-5-11/h6-7,9-11H,1-5,8H2,(H2,19,20,21,23). The lowest BCUT2D eigenvalue weighted by Crippen LogP contribution is -2.14. The molecule has 1 aliphatic carbocycles. The van der Waals surface area contributed by atoms with E-state index in [1.807, 2.05) is 0 Å². The van der Waals surface area contributed by atoms with Gasteiger partial charge in [0.15, 0.2) is 5.82 Å². The minimum Gasteiger partial charge on any atom is -0.305 e. The molecule has 0 saturated heterocycles. The molecule has 0 aliphatic heterocycles. The van der Waals surface area contributed by atoms with Gasteiger partial charge in [-0.3, -0.25) is 20.0 Å². The predicted molar refractivity (Wildman–Crippen MR) is 94.9 cm³/mol. The minimum atomic E-state index is -0.625. The summed E-state index contributed by atoms with van der Waals surface area (Å²) in [4.78, 5) is 22.8. The van der Waals surface area contributed by atoms with E-state index >= 15 is 0 Å². The molecule has 132 valence electrons. The highest BCUT2D eigenvalue weighted by Crippen LogP contribution is 2.27. The molecule has 1 aliphatic rings. The third-order valence-electron chi connectivity index (χ3n) is 4.51. The number of anilines is 1. The Kier molecular flexibility index (Phi) is 5.33. The van der Waals surface area contributed by atoms with Crippen LogP contribution in [0.5, 0.6) is 0 Å². The highest BCUT2D eigenvalue weighted by Gasteiger charge is 2.21. The quantitative estimate of drug-likeness (QED) is 0.609. The van der Waals surface area contributed by atoms with Gasteiger partial charge in [0.1, 0.15) is 5.56 Å². The van der Waals surface area contributed by atoms with Gasteiger partial charge in [0.2, 0.25) is 0 Å². The number of nitro benzene ring substituents is 1. The van der Waals surface area contributed by atoms with E-state index in [0.29, 0.717) is 11.7 Å². The van der Waals surface area contributed by atoms with Gasteiger partial charge in [0, 0.05) is 22.8 Å². The van der Waals surface area contributed by atoms with Crippen LogP contribution < -0.4 is 5.32 Å². The number of carbonyl (C=O) groups excluding carboxylic acids is 1. The van der Waals surface area contributed by atoms with Crippen LogP contribution in [0.2, 0.25) is 5.02 Å². The lowest BCUT2D eigenvalue weighted by Gasteiger charge is -2.20. The van der Waals surface area contributed by atoms with Crippen molar-refractivity contribution in [3.05, 3.63) is 50.7 Å². The number of hydrogen-bond donors (Lipinski definition) is 2. The first-order chi connectivity index (χ1) is 12.0. The predicted octanol–water partition coefficient (Wildman–Crippen LogP) is 4.35. The number of H-pyrrole nitrogens is 1. The first-order valence-electron chi connectivity index (χ1n) is 8.32. The van der Waals surface area contributed by atoms with Gasteiger partial charge >= 0.3 is 0 Å². The molecule has 7 nitrogen and oxygen atoms in total. The molecule has 0 spiro atoms. The molecular formula is C17H19ClN4O3. The topological polar surface area (TPSA) is 101 Å². The average molecular weight is 363 g/mol. The summed E-state index contributed by atoms with van der Waals surface area (Å²) in [6, 6.07) is 5.73. The van der Waals surface area contributed by atoms with Crippen molar-refractivity contribution in [3.8, 4) is 0 Å². The first-order valence-corrected chi connectivity index (χ1v) is 8.70. The number of nitro groups is 1. The summed E-state index contributed by atoms with van der Waals surface area (Å²) in [6.07, 6.45) is 7.19. The van der Waals surface area contributed by atoms with Crippen molar-refractivity contribution < 1.29 is 9.72 Å². The number of nitrogens with zero attached hydrogens (tertiary/aromatic N) is 2. The Morgan fingerprint density at radius 3 is 2.80 bits per heavy atom. The van der Waals surface area contributed by atoms with Crippen molar-refractivity contribution in [2.24, 2.45) is 5.92 Å². The fourth-order valence-electron chi connectivity index (χ4n) is 3.26. The van der Waals surface area contributed by atoms with Gasteiger partial charge in [-0.2, -0.15) is 5.10 Å². The van der Waals surface area contributed by atoms with E-state index in [2.05, 4.69) is 15.5 Å². The van der Waals surface area contributed by atoms with Gasteiger partial charge in [-0.25, -0.2) is 0 Å². The molecule has 1 fully saturated rings. The van der Waals surface area contributed by atoms with Crippen molar-refractivity contribution in [2.45, 2.75) is 38.5 Å². The minimum absolute atomic E-state index is 0.0498. The zero-order chi connectivity index (χ0) is 17.8. The molecule has 8 heteroatoms. The van der Waals surface area contributed by atoms with Crippen molar-refractivity contribution in [2.75, 3.05) is 5.32 Å². The van der Waals surface area contributed by atoms with Gasteiger partial charge in [0.05, 0.1) is 4.92 Å². The summed E-state index contributed by atoms with van der Waals surface area (Å²) >= 11 is 5.77. The van der Waals surface area contributed by atoms with Crippen LogP contribution in [0.15, 0.2) is 24.3 Å². The Hall–Kier alpha value is -2.41. The lowest BCUT2D eigenvalue weighted by atomic mass is 9.86. The van der Waals surface area contributed by atoms with E-state index in [-0.39, 0.29) is 16.3 Å². The maximum atomic E-state index is 12.3. The molecule has 0 radical (unpaired) electrons. The summed E-state index contributed by atoms with van der Waals surface area (Å²) in [7, 11) is 0. The molecule has 2 aromatic rings. The molecule has 1 aromatic carbocycles. The zero-order valence-corrected chi connectivity index (χ0v) is 14.4. The molecule has 25 heavy (non-hydrogen) atoms. The van der Waals surface area contributed by atoms with E-state index in [9.17, 15) is 14.9 Å². The van der Waals surface area contributed by atoms with E-state index in [1.54, 1.807) is 6.07 Å². The lowest BCUT2D eigenvalue weighted by molar-refractivity contribution is -0.385. The fourth-order valence-corrected chi connectivity index (χ4v) is 3.43. The Morgan fingerprint density at radius 1 is 1.32 bits per heavy atom. The molecule has 0 atom stereocenters. The number of benzene rings is 1. The average Bonchev–Trinajstić information content (AvgIpc) is 3.02. The third kappa shape index (κ3) is 4.36. The maximum absolute atomic E-state index is 12.3. The molecule has 1 heterocycles. The second-order valence-corrected chi connectivity index (χ2v) is 6.80. The van der Waals surface area contributed by atoms with Crippen molar-refractivity contribution in [1.82, 2.24) is 10.2 Å². The third-order valence-corrected chi connectivity index (χ3v) is 4.74. The first kappa shape index (κ1) is 17.4. The van der Waals surface area contributed by atoms with Crippen molar-refractivity contribution >= 4 is 29.0 Å². The maximum Gasteiger partial charge on any atom is 0.283 e. The molecular weight excluding hydrogens is 344 g/mol. The number of carbonyl (C=O) groups is 1. The van der Waals surface area contributed by atoms with Crippen LogP contribution in [-0.2, 0) is 6.42 Å². The van der Waals surface area contributed by atoms with Gasteiger partial charge < -0.3 is 5.32 Å². The Balaban J connectivity index is 1.68. The van der Waals surface area contributed by atoms with E-state index in [4.69, 9.17) is 11.6 Å². The second kappa shape index (κ2) is 7.65. The van der Waals surface area contributed by atoms with E-state index in [0.717, 1.165) is 18.2 Å². The molecule has 1 amide bonds. The van der Waals surface area contributed by atoms with Crippen molar-refractivity contribution in [1.29, 1.82) is 0 Å². The normalized spacial score (nSPS) is 15.1. The summed E-state index contributed by atoms with van der Waals surface area (Å²) in [5, 5.41) is 20.9. The van der Waals surface area contributed by atoms with Gasteiger partial charge in [0.25, 0.3) is 11.6 Å². The SMILES string of the molecule is O=C(Nc1cc(CC2CCCCC2)[nH]n1)c1ccc(Cl)cc1[N+](=O)[O-]. The van der Waals surface area contributed by atoms with Crippen LogP contribution in [0, 0.1) is 16.0 Å². The van der Waals surface area contributed by atoms with E-state index in [1.165, 1.54) is 44.2 Å². The number of hydrogen-bond acceptors (Lipinski definition) is 4. The zero-order valence-electron chi connectivity index (χ0n) is 13.6. The second-order valence-electron chi connectivity index (χ2n) is 6.36. The Morgan fingerprint density at radius 2 is 2.08 bits per heavy atom. The van der Waals surface area contributed by atoms with Crippen LogP contribution in [0.3, 0.4) is 0 Å². The van der Waals surface area contributed by atoms with Crippen LogP contribution in [0.1, 0.15) is 48.2 Å². The molecule has 2 N–H and O–H groups in total. The van der Waals surface area contributed by atoms with Crippen LogP contribution in [0.4, 0.5) is 11.5 Å². The number of rotatable bonds is 5. The fraction of sp³-hybridized carbons (Fsp3) is 0.412. The van der Waals surface area contributed by atoms with Gasteiger partial charge in [-0.05, 0) is 24.5 Å². The molecule has 1 aromatic heterocycles. The number of halogens is 1. The summed E-state index contributed by atoms with van der Waals surface area (Å²) in [5.41, 5.74) is 0.585. The summed E-state index contributed by atoms with van der Waals surface area (Å²) < 4.78 is 0. The molecule has 3 rings (SSSR count). The Labute approximate surface area is 149 Å². The molecule has 0 unspecified atom stereocenters. The summed E-state index contributed by atoms with van der Waals surface area (Å²) in [5.74, 6) is 0.425. The van der Waals surface area contributed by atoms with Crippen molar-refractivity contribution in [3.63, 3.8) is 0 Å².